The molecule has 0 saturated heterocycles. The summed E-state index contributed by atoms with van der Waals surface area (Å²) < 4.78 is 10.6. The second-order valence-corrected chi connectivity index (χ2v) is 7.73. The first kappa shape index (κ1) is 22.7. The minimum Gasteiger partial charge on any atom is -0.475 e. The van der Waals surface area contributed by atoms with Gasteiger partial charge < -0.3 is 25.0 Å². The van der Waals surface area contributed by atoms with Gasteiger partial charge in [-0.15, -0.1) is 0 Å². The van der Waals surface area contributed by atoms with Crippen LogP contribution in [-0.2, 0) is 33.8 Å². The number of pyridine rings is 1. The van der Waals surface area contributed by atoms with Crippen LogP contribution in [0.25, 0.3) is 0 Å². The minimum absolute atomic E-state index is 0.0519. The van der Waals surface area contributed by atoms with Crippen LogP contribution >= 0.6 is 0 Å². The number of ether oxygens (including phenoxy) is 2. The lowest BCUT2D eigenvalue weighted by atomic mass is 10.00. The Labute approximate surface area is 182 Å². The number of methoxy groups -OCH3 is 1. The van der Waals surface area contributed by atoms with Crippen LogP contribution in [0.5, 0.6) is 5.88 Å². The summed E-state index contributed by atoms with van der Waals surface area (Å²) in [4.78, 5) is 33.1. The molecule has 31 heavy (non-hydrogen) atoms. The number of aromatic nitrogens is 1. The van der Waals surface area contributed by atoms with Gasteiger partial charge in [0.15, 0.2) is 0 Å². The maximum absolute atomic E-state index is 12.8. The molecule has 1 aliphatic heterocycles. The van der Waals surface area contributed by atoms with Gasteiger partial charge in [0.2, 0.25) is 11.7 Å². The van der Waals surface area contributed by atoms with Gasteiger partial charge in [-0.25, -0.2) is 0 Å². The number of hydrogen-bond donors (Lipinski definition) is 1. The standard InChI is InChI=1S/C23H30N4O4/c1-4-8-26(2)14-16-6-5-7-17(11-16)15-27-19-13-21(31-10-9-30-3)25-22(24)18(19)12-20(28)23(27)29/h5-7,11,13H,4,8-10,12,14-15H2,1-3H3,(H2,24,25). The van der Waals surface area contributed by atoms with Crippen molar-refractivity contribution < 1.29 is 19.1 Å². The van der Waals surface area contributed by atoms with E-state index in [1.165, 1.54) is 4.90 Å². The van der Waals surface area contributed by atoms with Crippen LogP contribution in [-0.4, -0.2) is 55.5 Å². The Bertz CT molecular complexity index is 947. The Morgan fingerprint density at radius 1 is 1.19 bits per heavy atom. The van der Waals surface area contributed by atoms with Crippen molar-refractivity contribution in [2.45, 2.75) is 32.9 Å². The molecule has 3 rings (SSSR count). The van der Waals surface area contributed by atoms with E-state index in [4.69, 9.17) is 15.2 Å². The maximum Gasteiger partial charge on any atom is 0.295 e. The molecule has 0 atom stereocenters. The number of Topliss-reactive ketones (excluding diaryl/α,β-unsaturated/α-hetero) is 1. The van der Waals surface area contributed by atoms with Gasteiger partial charge in [-0.1, -0.05) is 31.2 Å². The molecule has 1 amide bonds. The normalized spacial score (nSPS) is 13.6. The predicted molar refractivity (Wildman–Crippen MR) is 119 cm³/mol. The van der Waals surface area contributed by atoms with E-state index in [0.717, 1.165) is 30.6 Å². The van der Waals surface area contributed by atoms with E-state index >= 15 is 0 Å². The zero-order valence-electron chi connectivity index (χ0n) is 18.4. The first-order chi connectivity index (χ1) is 14.9. The van der Waals surface area contributed by atoms with Crippen molar-refractivity contribution in [3.05, 3.63) is 47.0 Å². The first-order valence-corrected chi connectivity index (χ1v) is 10.4. The number of carbonyl (C=O) groups is 2. The van der Waals surface area contributed by atoms with Crippen molar-refractivity contribution in [1.29, 1.82) is 0 Å². The fraction of sp³-hybridized carbons (Fsp3) is 0.435. The number of rotatable bonds is 10. The van der Waals surface area contributed by atoms with Crippen LogP contribution in [0.15, 0.2) is 30.3 Å². The maximum atomic E-state index is 12.8. The van der Waals surface area contributed by atoms with Crippen LogP contribution in [0.4, 0.5) is 11.5 Å². The number of carbonyl (C=O) groups excluding carboxylic acids is 2. The van der Waals surface area contributed by atoms with Crippen molar-refractivity contribution >= 4 is 23.2 Å². The number of fused-ring (bicyclic) bond motifs is 1. The lowest BCUT2D eigenvalue weighted by Crippen LogP contribution is -2.41. The van der Waals surface area contributed by atoms with Crippen LogP contribution in [0.3, 0.4) is 0 Å². The van der Waals surface area contributed by atoms with Crippen molar-refractivity contribution in [3.63, 3.8) is 0 Å². The molecule has 0 fully saturated rings. The van der Waals surface area contributed by atoms with Crippen molar-refractivity contribution in [2.75, 3.05) is 44.5 Å². The Hall–Kier alpha value is -2.97. The average Bonchev–Trinajstić information content (AvgIpc) is 2.73. The molecule has 0 radical (unpaired) electrons. The molecular weight excluding hydrogens is 396 g/mol. The molecule has 2 N–H and O–H groups in total. The van der Waals surface area contributed by atoms with E-state index in [-0.39, 0.29) is 18.8 Å². The highest BCUT2D eigenvalue weighted by Gasteiger charge is 2.33. The Balaban J connectivity index is 1.88. The number of nitrogen functional groups attached to an aromatic ring is 1. The topological polar surface area (TPSA) is 98.0 Å². The van der Waals surface area contributed by atoms with Crippen LogP contribution in [0.1, 0.15) is 30.0 Å². The van der Waals surface area contributed by atoms with Crippen molar-refractivity contribution in [1.82, 2.24) is 9.88 Å². The lowest BCUT2D eigenvalue weighted by molar-refractivity contribution is -0.136. The van der Waals surface area contributed by atoms with Gasteiger partial charge in [0.05, 0.1) is 18.8 Å². The molecule has 0 aliphatic carbocycles. The molecule has 0 spiro atoms. The Morgan fingerprint density at radius 3 is 2.71 bits per heavy atom. The van der Waals surface area contributed by atoms with E-state index in [9.17, 15) is 9.59 Å². The summed E-state index contributed by atoms with van der Waals surface area (Å²) in [5, 5.41) is 0. The molecule has 2 aromatic rings. The smallest absolute Gasteiger partial charge is 0.295 e. The largest absolute Gasteiger partial charge is 0.475 e. The monoisotopic (exact) mass is 426 g/mol. The SMILES string of the molecule is CCCN(C)Cc1cccc(CN2C(=O)C(=O)Cc3c2cc(OCCOC)nc3N)c1. The van der Waals surface area contributed by atoms with Gasteiger partial charge in [0, 0.05) is 31.7 Å². The molecule has 0 bridgehead atoms. The van der Waals surface area contributed by atoms with E-state index in [2.05, 4.69) is 36.0 Å². The molecule has 0 saturated carbocycles. The molecular formula is C23H30N4O4. The van der Waals surface area contributed by atoms with Gasteiger partial charge in [-0.2, -0.15) is 4.98 Å². The molecule has 8 heteroatoms. The molecule has 166 valence electrons. The summed E-state index contributed by atoms with van der Waals surface area (Å²) in [5.74, 6) is -0.538. The highest BCUT2D eigenvalue weighted by molar-refractivity contribution is 6.43. The molecule has 1 aromatic carbocycles. The van der Waals surface area contributed by atoms with E-state index in [1.807, 2.05) is 12.1 Å². The number of nitrogens with two attached hydrogens (primary N) is 1. The number of nitrogens with zero attached hydrogens (tertiary/aromatic N) is 3. The second-order valence-electron chi connectivity index (χ2n) is 7.73. The summed E-state index contributed by atoms with van der Waals surface area (Å²) >= 11 is 0. The number of benzene rings is 1. The predicted octanol–water partition coefficient (Wildman–Crippen LogP) is 2.19. The number of ketones is 1. The van der Waals surface area contributed by atoms with Crippen LogP contribution in [0.2, 0.25) is 0 Å². The summed E-state index contributed by atoms with van der Waals surface area (Å²) in [6, 6.07) is 9.73. The molecule has 1 aliphatic rings. The third kappa shape index (κ3) is 5.59. The van der Waals surface area contributed by atoms with Crippen molar-refractivity contribution in [3.8, 4) is 5.88 Å². The van der Waals surface area contributed by atoms with Gasteiger partial charge in [0.25, 0.3) is 5.91 Å². The zero-order valence-corrected chi connectivity index (χ0v) is 18.4. The van der Waals surface area contributed by atoms with E-state index in [0.29, 0.717) is 30.3 Å². The average molecular weight is 427 g/mol. The first-order valence-electron chi connectivity index (χ1n) is 10.4. The molecule has 8 nitrogen and oxygen atoms in total. The van der Waals surface area contributed by atoms with E-state index in [1.54, 1.807) is 13.2 Å². The summed E-state index contributed by atoms with van der Waals surface area (Å²) in [7, 11) is 3.66. The van der Waals surface area contributed by atoms with Gasteiger partial charge >= 0.3 is 0 Å². The van der Waals surface area contributed by atoms with Gasteiger partial charge in [-0.3, -0.25) is 9.59 Å². The fourth-order valence-electron chi connectivity index (χ4n) is 3.71. The van der Waals surface area contributed by atoms with E-state index < -0.39 is 11.7 Å². The highest BCUT2D eigenvalue weighted by Crippen LogP contribution is 2.34. The van der Waals surface area contributed by atoms with Crippen LogP contribution in [0, 0.1) is 0 Å². The number of amides is 1. The summed E-state index contributed by atoms with van der Waals surface area (Å²) in [5.41, 5.74) is 9.32. The minimum atomic E-state index is -0.547. The second kappa shape index (κ2) is 10.4. The number of anilines is 2. The third-order valence-corrected chi connectivity index (χ3v) is 5.15. The quantitative estimate of drug-likeness (QED) is 0.459. The Morgan fingerprint density at radius 2 is 1.97 bits per heavy atom. The summed E-state index contributed by atoms with van der Waals surface area (Å²) in [6.45, 7) is 4.95. The molecule has 0 unspecified atom stereocenters. The number of hydrogen-bond acceptors (Lipinski definition) is 7. The highest BCUT2D eigenvalue weighted by atomic mass is 16.5. The van der Waals surface area contributed by atoms with Gasteiger partial charge in [-0.05, 0) is 31.1 Å². The Kier molecular flexibility index (Phi) is 7.59. The van der Waals surface area contributed by atoms with Crippen molar-refractivity contribution in [2.24, 2.45) is 0 Å². The molecule has 1 aromatic heterocycles. The third-order valence-electron chi connectivity index (χ3n) is 5.15. The lowest BCUT2D eigenvalue weighted by Gasteiger charge is -2.29. The van der Waals surface area contributed by atoms with Gasteiger partial charge in [0.1, 0.15) is 12.4 Å². The zero-order chi connectivity index (χ0) is 22.4. The van der Waals surface area contributed by atoms with Crippen LogP contribution < -0.4 is 15.4 Å². The fourth-order valence-corrected chi connectivity index (χ4v) is 3.71. The summed E-state index contributed by atoms with van der Waals surface area (Å²) in [6.07, 6.45) is 1.03. The molecule has 2 heterocycles.